The van der Waals surface area contributed by atoms with Gasteiger partial charge in [-0.2, -0.15) is 0 Å². The molecule has 2 aromatic rings. The fourth-order valence-corrected chi connectivity index (χ4v) is 11.6. The quantitative estimate of drug-likeness (QED) is 0.371. The van der Waals surface area contributed by atoms with Crippen LogP contribution in [0.3, 0.4) is 0 Å². The lowest BCUT2D eigenvalue weighted by Gasteiger charge is -2.54. The van der Waals surface area contributed by atoms with Gasteiger partial charge in [-0.15, -0.1) is 0 Å². The van der Waals surface area contributed by atoms with Gasteiger partial charge < -0.3 is 10.2 Å². The molecule has 0 spiro atoms. The molecular formula is C39H50O4. The molecular weight excluding hydrogens is 532 g/mol. The first-order valence-corrected chi connectivity index (χ1v) is 17.0. The minimum atomic E-state index is -0.665. The predicted molar refractivity (Wildman–Crippen MR) is 170 cm³/mol. The van der Waals surface area contributed by atoms with Crippen molar-refractivity contribution in [2.24, 2.45) is 22.7 Å². The number of aliphatic carboxylic acids is 2. The number of aryl methyl sites for hydroxylation is 2. The van der Waals surface area contributed by atoms with E-state index in [-0.39, 0.29) is 22.7 Å². The van der Waals surface area contributed by atoms with Crippen molar-refractivity contribution in [3.05, 3.63) is 68.8 Å². The number of fused-ring (bicyclic) bond motifs is 8. The number of hydrogen-bond acceptors (Lipinski definition) is 2. The highest BCUT2D eigenvalue weighted by Gasteiger charge is 2.57. The Morgan fingerprint density at radius 1 is 0.628 bits per heavy atom. The molecule has 43 heavy (non-hydrogen) atoms. The standard InChI is InChI=1S/C39H50O4/c1-22-23(2)29-19-25-10-12-33-37(4,14-8-16-39(33,6)35(42)43)31(25)21-27(29)17-26-20-30-24(18-28(22)26)9-11-32-36(30,3)13-7-15-38(32,5)34(40)41/h18-23,32-33H,7-17H2,1-6H3,(H,40,41)(H,42,43). The third-order valence-corrected chi connectivity index (χ3v) is 14.3. The first-order valence-electron chi connectivity index (χ1n) is 17.0. The summed E-state index contributed by atoms with van der Waals surface area (Å²) in [6.45, 7) is 13.5. The lowest BCUT2D eigenvalue weighted by Crippen LogP contribution is -2.52. The highest BCUT2D eigenvalue weighted by molar-refractivity contribution is 5.76. The van der Waals surface area contributed by atoms with E-state index in [1.54, 1.807) is 0 Å². The van der Waals surface area contributed by atoms with E-state index in [4.69, 9.17) is 0 Å². The normalized spacial score (nSPS) is 39.6. The average molecular weight is 583 g/mol. The van der Waals surface area contributed by atoms with Crippen LogP contribution >= 0.6 is 0 Å². The Bertz CT molecular complexity index is 1420. The lowest BCUT2D eigenvalue weighted by molar-refractivity contribution is -0.158. The topological polar surface area (TPSA) is 74.6 Å². The van der Waals surface area contributed by atoms with E-state index in [9.17, 15) is 19.8 Å². The molecule has 0 heterocycles. The highest BCUT2D eigenvalue weighted by atomic mass is 16.4. The predicted octanol–water partition coefficient (Wildman–Crippen LogP) is 8.69. The fraction of sp³-hybridized carbons (Fsp3) is 0.641. The van der Waals surface area contributed by atoms with Crippen molar-refractivity contribution in [1.82, 2.24) is 0 Å². The van der Waals surface area contributed by atoms with Crippen LogP contribution < -0.4 is 0 Å². The van der Waals surface area contributed by atoms with Gasteiger partial charge in [-0.05, 0) is 151 Å². The van der Waals surface area contributed by atoms with E-state index in [0.29, 0.717) is 11.8 Å². The molecule has 5 aliphatic rings. The van der Waals surface area contributed by atoms with Gasteiger partial charge >= 0.3 is 11.9 Å². The zero-order valence-corrected chi connectivity index (χ0v) is 27.1. The van der Waals surface area contributed by atoms with Gasteiger partial charge in [0.05, 0.1) is 10.8 Å². The first kappa shape index (κ1) is 29.1. The fourth-order valence-electron chi connectivity index (χ4n) is 11.6. The molecule has 8 atom stereocenters. The van der Waals surface area contributed by atoms with Crippen LogP contribution in [0.25, 0.3) is 0 Å². The van der Waals surface area contributed by atoms with Crippen molar-refractivity contribution in [2.75, 3.05) is 0 Å². The minimum Gasteiger partial charge on any atom is -0.481 e. The Kier molecular flexibility index (Phi) is 6.39. The molecule has 5 aliphatic carbocycles. The third kappa shape index (κ3) is 3.86. The van der Waals surface area contributed by atoms with Crippen LogP contribution in [0.5, 0.6) is 0 Å². The summed E-state index contributed by atoms with van der Waals surface area (Å²) in [5, 5.41) is 20.7. The van der Waals surface area contributed by atoms with Gasteiger partial charge in [-0.3, -0.25) is 9.59 Å². The number of benzene rings is 2. The second kappa shape index (κ2) is 9.44. The largest absolute Gasteiger partial charge is 0.481 e. The van der Waals surface area contributed by atoms with Crippen molar-refractivity contribution in [2.45, 2.75) is 135 Å². The Hall–Kier alpha value is -2.62. The molecule has 7 rings (SSSR count). The number of carboxylic acids is 2. The maximum atomic E-state index is 12.6. The summed E-state index contributed by atoms with van der Waals surface area (Å²) in [4.78, 5) is 25.1. The van der Waals surface area contributed by atoms with Gasteiger partial charge in [-0.1, -0.05) is 64.8 Å². The number of rotatable bonds is 2. The van der Waals surface area contributed by atoms with Crippen LogP contribution in [0.15, 0.2) is 24.3 Å². The number of carboxylic acid groups (broad SMARTS) is 2. The van der Waals surface area contributed by atoms with Gasteiger partial charge in [0.2, 0.25) is 0 Å². The Labute approximate surface area is 257 Å². The zero-order chi connectivity index (χ0) is 30.7. The zero-order valence-electron chi connectivity index (χ0n) is 27.1. The second-order valence-corrected chi connectivity index (χ2v) is 16.3. The molecule has 0 aromatic heterocycles. The maximum Gasteiger partial charge on any atom is 0.309 e. The van der Waals surface area contributed by atoms with Crippen LogP contribution in [0, 0.1) is 22.7 Å². The summed E-state index contributed by atoms with van der Waals surface area (Å²) in [7, 11) is 0. The van der Waals surface area contributed by atoms with E-state index < -0.39 is 22.8 Å². The van der Waals surface area contributed by atoms with E-state index in [0.717, 1.165) is 70.6 Å². The Morgan fingerprint density at radius 3 is 1.40 bits per heavy atom. The van der Waals surface area contributed by atoms with Crippen molar-refractivity contribution < 1.29 is 19.8 Å². The SMILES string of the molecule is CC1c2cc3c(cc2Cc2cc4c(cc2C1C)CCC1C(C)(C(=O)O)CCCC41C)C1(C)CCCC(C)(C(=O)O)C1CC3. The minimum absolute atomic E-state index is 0.113. The molecule has 4 nitrogen and oxygen atoms in total. The summed E-state index contributed by atoms with van der Waals surface area (Å²) >= 11 is 0. The number of hydrogen-bond donors (Lipinski definition) is 2. The van der Waals surface area contributed by atoms with Crippen molar-refractivity contribution in [1.29, 1.82) is 0 Å². The van der Waals surface area contributed by atoms with Crippen molar-refractivity contribution >= 4 is 11.9 Å². The summed E-state index contributed by atoms with van der Waals surface area (Å²) in [5.74, 6) is -0.141. The van der Waals surface area contributed by atoms with Gasteiger partial charge in [-0.25, -0.2) is 0 Å². The third-order valence-electron chi connectivity index (χ3n) is 14.3. The Balaban J connectivity index is 1.34. The molecule has 0 aliphatic heterocycles. The van der Waals surface area contributed by atoms with E-state index in [2.05, 4.69) is 52.0 Å². The van der Waals surface area contributed by atoms with Gasteiger partial charge in [0.25, 0.3) is 0 Å². The highest BCUT2D eigenvalue weighted by Crippen LogP contribution is 2.60. The second-order valence-electron chi connectivity index (χ2n) is 16.3. The van der Waals surface area contributed by atoms with Crippen LogP contribution in [-0.2, 0) is 39.7 Å². The summed E-state index contributed by atoms with van der Waals surface area (Å²) in [6, 6.07) is 10.1. The molecule has 0 amide bonds. The smallest absolute Gasteiger partial charge is 0.309 e. The molecule has 2 N–H and O–H groups in total. The van der Waals surface area contributed by atoms with Crippen LogP contribution in [0.2, 0.25) is 0 Å². The molecule has 0 radical (unpaired) electrons. The summed E-state index contributed by atoms with van der Waals surface area (Å²) in [6.07, 6.45) is 10.3. The maximum absolute atomic E-state index is 12.6. The molecule has 8 unspecified atom stereocenters. The monoisotopic (exact) mass is 582 g/mol. The molecule has 2 saturated carbocycles. The van der Waals surface area contributed by atoms with Crippen molar-refractivity contribution in [3.63, 3.8) is 0 Å². The first-order chi connectivity index (χ1) is 20.2. The molecule has 2 fully saturated rings. The van der Waals surface area contributed by atoms with Gasteiger partial charge in [0.1, 0.15) is 0 Å². The molecule has 0 saturated heterocycles. The van der Waals surface area contributed by atoms with E-state index >= 15 is 0 Å². The summed E-state index contributed by atoms with van der Waals surface area (Å²) in [5.41, 5.74) is 9.93. The number of carbonyl (C=O) groups is 2. The van der Waals surface area contributed by atoms with Crippen molar-refractivity contribution in [3.8, 4) is 0 Å². The van der Waals surface area contributed by atoms with Gasteiger partial charge in [0.15, 0.2) is 0 Å². The van der Waals surface area contributed by atoms with Crippen LogP contribution in [0.4, 0.5) is 0 Å². The van der Waals surface area contributed by atoms with E-state index in [1.807, 2.05) is 13.8 Å². The molecule has 0 bridgehead atoms. The molecule has 2 aromatic carbocycles. The molecule has 230 valence electrons. The van der Waals surface area contributed by atoms with Crippen LogP contribution in [0.1, 0.15) is 149 Å². The summed E-state index contributed by atoms with van der Waals surface area (Å²) < 4.78 is 0. The van der Waals surface area contributed by atoms with Gasteiger partial charge in [0, 0.05) is 0 Å². The Morgan fingerprint density at radius 2 is 1.02 bits per heavy atom. The molecule has 4 heteroatoms. The average Bonchev–Trinajstić information content (AvgIpc) is 3.05. The van der Waals surface area contributed by atoms with E-state index in [1.165, 1.54) is 44.5 Å². The lowest BCUT2D eigenvalue weighted by atomic mass is 9.49. The van der Waals surface area contributed by atoms with Crippen LogP contribution in [-0.4, -0.2) is 22.2 Å².